The number of nitrogens with zero attached hydrogens (tertiary/aromatic N) is 1. The van der Waals surface area contributed by atoms with Crippen LogP contribution in [0.5, 0.6) is 0 Å². The molecule has 2 aromatic rings. The molecule has 2 aliphatic rings. The molecule has 0 bridgehead atoms. The highest BCUT2D eigenvalue weighted by atomic mass is 32.2. The van der Waals surface area contributed by atoms with Crippen LogP contribution in [0.3, 0.4) is 0 Å². The van der Waals surface area contributed by atoms with Crippen LogP contribution >= 0.6 is 23.1 Å². The third-order valence-corrected chi connectivity index (χ3v) is 6.46. The number of thiophene rings is 1. The van der Waals surface area contributed by atoms with E-state index in [1.165, 1.54) is 4.88 Å². The normalized spacial score (nSPS) is 26.4. The Kier molecular flexibility index (Phi) is 3.97. The van der Waals surface area contributed by atoms with Gasteiger partial charge in [0.05, 0.1) is 0 Å². The second kappa shape index (κ2) is 6.11. The Balaban J connectivity index is 1.62. The van der Waals surface area contributed by atoms with Crippen LogP contribution in [0.25, 0.3) is 0 Å². The summed E-state index contributed by atoms with van der Waals surface area (Å²) in [6.07, 6.45) is 0. The Morgan fingerprint density at radius 2 is 2.13 bits per heavy atom. The molecule has 0 spiro atoms. The highest BCUT2D eigenvalue weighted by molar-refractivity contribution is 8.13. The highest BCUT2D eigenvalue weighted by Gasteiger charge is 2.47. The lowest BCUT2D eigenvalue weighted by atomic mass is 9.87. The predicted octanol–water partition coefficient (Wildman–Crippen LogP) is 2.70. The van der Waals surface area contributed by atoms with Gasteiger partial charge in [-0.1, -0.05) is 36.0 Å². The number of fused-ring (bicyclic) bond motifs is 1. The average Bonchev–Trinajstić information content (AvgIpc) is 3.25. The van der Waals surface area contributed by atoms with E-state index in [1.54, 1.807) is 23.1 Å². The summed E-state index contributed by atoms with van der Waals surface area (Å²) in [5, 5.41) is 9.28. The van der Waals surface area contributed by atoms with Crippen molar-refractivity contribution in [1.29, 1.82) is 0 Å². The molecule has 1 saturated heterocycles. The molecule has 4 rings (SSSR count). The van der Waals surface area contributed by atoms with Crippen molar-refractivity contribution in [2.45, 2.75) is 5.54 Å². The minimum absolute atomic E-state index is 0.0948. The molecule has 4 nitrogen and oxygen atoms in total. The van der Waals surface area contributed by atoms with Crippen molar-refractivity contribution in [3.8, 4) is 0 Å². The van der Waals surface area contributed by atoms with Gasteiger partial charge in [-0.3, -0.25) is 4.79 Å². The maximum absolute atomic E-state index is 12.4. The molecule has 1 amide bonds. The number of rotatable bonds is 2. The summed E-state index contributed by atoms with van der Waals surface area (Å²) < 4.78 is 0. The minimum Gasteiger partial charge on any atom is -0.314 e. The molecule has 2 N–H and O–H groups in total. The zero-order valence-electron chi connectivity index (χ0n) is 12.5. The van der Waals surface area contributed by atoms with Gasteiger partial charge >= 0.3 is 0 Å². The van der Waals surface area contributed by atoms with E-state index in [0.717, 1.165) is 24.0 Å². The first kappa shape index (κ1) is 14.9. The first-order valence-corrected chi connectivity index (χ1v) is 9.48. The number of hydrogen-bond acceptors (Lipinski definition) is 5. The van der Waals surface area contributed by atoms with Gasteiger partial charge in [-0.05, 0) is 23.6 Å². The van der Waals surface area contributed by atoms with Crippen LogP contribution in [0, 0.1) is 5.92 Å². The van der Waals surface area contributed by atoms with Gasteiger partial charge in [0.2, 0.25) is 0 Å². The van der Waals surface area contributed by atoms with Crippen LogP contribution in [0.15, 0.2) is 52.8 Å². The fraction of sp³-hybridized carbons (Fsp3) is 0.294. The van der Waals surface area contributed by atoms with Crippen molar-refractivity contribution >= 4 is 34.2 Å². The molecule has 3 heterocycles. The molecule has 1 aromatic carbocycles. The number of nitrogens with one attached hydrogen (secondary N) is 2. The summed E-state index contributed by atoms with van der Waals surface area (Å²) in [5.41, 5.74) is 0.436. The molecule has 2 aliphatic heterocycles. The van der Waals surface area contributed by atoms with Gasteiger partial charge in [0.1, 0.15) is 5.54 Å². The van der Waals surface area contributed by atoms with Gasteiger partial charge < -0.3 is 10.6 Å². The zero-order chi connectivity index (χ0) is 15.7. The van der Waals surface area contributed by atoms with Gasteiger partial charge in [0.15, 0.2) is 5.17 Å². The van der Waals surface area contributed by atoms with Crippen LogP contribution < -0.4 is 10.6 Å². The Morgan fingerprint density at radius 1 is 1.26 bits per heavy atom. The molecule has 118 valence electrons. The lowest BCUT2D eigenvalue weighted by Crippen LogP contribution is -2.41. The predicted molar refractivity (Wildman–Crippen MR) is 96.2 cm³/mol. The first-order chi connectivity index (χ1) is 11.3. The lowest BCUT2D eigenvalue weighted by Gasteiger charge is -2.34. The summed E-state index contributed by atoms with van der Waals surface area (Å²) >= 11 is 3.39. The van der Waals surface area contributed by atoms with Crippen LogP contribution in [0.2, 0.25) is 0 Å². The number of aliphatic imine (C=N–C) groups is 1. The third-order valence-electron chi connectivity index (χ3n) is 4.39. The fourth-order valence-electron chi connectivity index (χ4n) is 3.16. The standard InChI is InChI=1S/C17H17N3OS2/c21-15(12-5-2-1-3-6-12)19-16-20-17(14-7-4-8-22-14)11-18-9-13(17)10-23-16/h1-8,13,18H,9-11H2,(H,19,20,21)/t13-,17?/m0/s1. The van der Waals surface area contributed by atoms with Crippen LogP contribution in [-0.4, -0.2) is 29.9 Å². The fourth-order valence-corrected chi connectivity index (χ4v) is 5.26. The zero-order valence-corrected chi connectivity index (χ0v) is 14.1. The van der Waals surface area contributed by atoms with Crippen LogP contribution in [0.1, 0.15) is 15.2 Å². The SMILES string of the molecule is O=C(NC1=NC2(c3cccs3)CNC[C@H]2CS1)c1ccccc1. The van der Waals surface area contributed by atoms with Gasteiger partial charge in [-0.15, -0.1) is 11.3 Å². The molecule has 1 unspecified atom stereocenters. The Bertz CT molecular complexity index is 730. The largest absolute Gasteiger partial charge is 0.314 e. The van der Waals surface area contributed by atoms with Crippen molar-refractivity contribution < 1.29 is 4.79 Å². The van der Waals surface area contributed by atoms with Gasteiger partial charge in [0, 0.05) is 35.2 Å². The summed E-state index contributed by atoms with van der Waals surface area (Å²) in [5.74, 6) is 1.35. The van der Waals surface area contributed by atoms with Crippen molar-refractivity contribution in [2.75, 3.05) is 18.8 Å². The molecule has 2 atom stereocenters. The number of thioether (sulfide) groups is 1. The van der Waals surface area contributed by atoms with E-state index in [4.69, 9.17) is 4.99 Å². The number of carbonyl (C=O) groups is 1. The number of benzene rings is 1. The second-order valence-electron chi connectivity index (χ2n) is 5.78. The van der Waals surface area contributed by atoms with E-state index in [2.05, 4.69) is 28.1 Å². The summed E-state index contributed by atoms with van der Waals surface area (Å²) in [7, 11) is 0. The molecule has 0 aliphatic carbocycles. The van der Waals surface area contributed by atoms with Crippen molar-refractivity contribution in [2.24, 2.45) is 10.9 Å². The number of amidine groups is 1. The summed E-state index contributed by atoms with van der Waals surface area (Å²) in [6.45, 7) is 1.82. The van der Waals surface area contributed by atoms with Gasteiger partial charge in [0.25, 0.3) is 5.91 Å². The molecular weight excluding hydrogens is 326 g/mol. The molecule has 0 saturated carbocycles. The molecule has 23 heavy (non-hydrogen) atoms. The number of amides is 1. The first-order valence-electron chi connectivity index (χ1n) is 7.62. The van der Waals surface area contributed by atoms with E-state index < -0.39 is 0 Å². The average molecular weight is 343 g/mol. The van der Waals surface area contributed by atoms with Crippen molar-refractivity contribution in [3.05, 3.63) is 58.3 Å². The Morgan fingerprint density at radius 3 is 2.91 bits per heavy atom. The number of hydrogen-bond donors (Lipinski definition) is 2. The Labute approximate surface area is 143 Å². The minimum atomic E-state index is -0.223. The molecule has 0 radical (unpaired) electrons. The maximum atomic E-state index is 12.4. The van der Waals surface area contributed by atoms with E-state index in [0.29, 0.717) is 11.5 Å². The third kappa shape index (κ3) is 2.71. The molecule has 1 fully saturated rings. The maximum Gasteiger partial charge on any atom is 0.257 e. The Hall–Kier alpha value is -1.63. The number of carbonyl (C=O) groups excluding carboxylic acids is 1. The lowest BCUT2D eigenvalue weighted by molar-refractivity contribution is 0.0977. The van der Waals surface area contributed by atoms with Crippen LogP contribution in [0.4, 0.5) is 0 Å². The van der Waals surface area contributed by atoms with E-state index in [-0.39, 0.29) is 11.4 Å². The van der Waals surface area contributed by atoms with Gasteiger partial charge in [-0.25, -0.2) is 4.99 Å². The van der Waals surface area contributed by atoms with Crippen LogP contribution in [-0.2, 0) is 5.54 Å². The smallest absolute Gasteiger partial charge is 0.257 e. The summed E-state index contributed by atoms with van der Waals surface area (Å²) in [4.78, 5) is 18.6. The van der Waals surface area contributed by atoms with Gasteiger partial charge in [-0.2, -0.15) is 0 Å². The van der Waals surface area contributed by atoms with Crippen molar-refractivity contribution in [1.82, 2.24) is 10.6 Å². The second-order valence-corrected chi connectivity index (χ2v) is 7.73. The van der Waals surface area contributed by atoms with E-state index in [1.807, 2.05) is 30.3 Å². The highest BCUT2D eigenvalue weighted by Crippen LogP contribution is 2.44. The quantitative estimate of drug-likeness (QED) is 0.881. The van der Waals surface area contributed by atoms with E-state index >= 15 is 0 Å². The molecule has 1 aromatic heterocycles. The van der Waals surface area contributed by atoms with Crippen molar-refractivity contribution in [3.63, 3.8) is 0 Å². The van der Waals surface area contributed by atoms with E-state index in [9.17, 15) is 4.79 Å². The molecule has 6 heteroatoms. The topological polar surface area (TPSA) is 53.5 Å². The summed E-state index contributed by atoms with van der Waals surface area (Å²) in [6, 6.07) is 13.5. The monoisotopic (exact) mass is 343 g/mol. The molecular formula is C17H17N3OS2.